The molecule has 0 radical (unpaired) electrons. The molecule has 0 spiro atoms. The molecule has 0 saturated heterocycles. The lowest BCUT2D eigenvalue weighted by Crippen LogP contribution is -2.55. The monoisotopic (exact) mass is 800 g/mol. The molecule has 0 heterocycles. The van der Waals surface area contributed by atoms with E-state index < -0.39 is 89.1 Å². The Morgan fingerprint density at radius 1 is 0.673 bits per heavy atom. The molecule has 55 heavy (non-hydrogen) atoms. The van der Waals surface area contributed by atoms with Crippen LogP contribution in [-0.4, -0.2) is 101 Å². The van der Waals surface area contributed by atoms with Gasteiger partial charge in [-0.2, -0.15) is 0 Å². The van der Waals surface area contributed by atoms with Crippen molar-refractivity contribution < 1.29 is 60.9 Å². The van der Waals surface area contributed by atoms with Crippen LogP contribution in [0, 0.1) is 0 Å². The molecule has 312 valence electrons. The number of sulfone groups is 1. The second kappa shape index (κ2) is 31.4. The standard InChI is InChI=1S/C31H44N4O13S.2C3H8/c1-5-45-26(37)14-13-23(29(40)32-19-25(36)33-22(15-16-49(4,43)44)17-27(38)46-6-2)34-30(41)24(18-28(39)47-7-3)35-31(42)48-20-21-11-9-8-10-12-21;2*1-3-2/h8-12,15-16,22-24H,5-7,13-14,17-20H2,1-4H3,(H,32,40)(H,33,36)(H,34,41)(H,35,42);2*3H2,1-2H3/b16-15+;;/t22-,23+,24+;;/m1../s1. The lowest BCUT2D eigenvalue weighted by molar-refractivity contribution is -0.145. The first-order valence-corrected chi connectivity index (χ1v) is 20.1. The summed E-state index contributed by atoms with van der Waals surface area (Å²) in [6, 6.07) is 4.52. The summed E-state index contributed by atoms with van der Waals surface area (Å²) in [5, 5.41) is 10.1. The van der Waals surface area contributed by atoms with E-state index in [1.807, 2.05) is 0 Å². The smallest absolute Gasteiger partial charge is 0.408 e. The lowest BCUT2D eigenvalue weighted by Gasteiger charge is -2.23. The summed E-state index contributed by atoms with van der Waals surface area (Å²) < 4.78 is 42.9. The highest BCUT2D eigenvalue weighted by molar-refractivity contribution is 7.93. The molecule has 0 aliphatic carbocycles. The molecule has 0 aliphatic rings. The highest BCUT2D eigenvalue weighted by atomic mass is 32.2. The van der Waals surface area contributed by atoms with Gasteiger partial charge < -0.3 is 40.2 Å². The largest absolute Gasteiger partial charge is 0.466 e. The van der Waals surface area contributed by atoms with E-state index in [1.165, 1.54) is 12.8 Å². The molecule has 0 unspecified atom stereocenters. The molecular weight excluding hydrogens is 740 g/mol. The van der Waals surface area contributed by atoms with E-state index in [2.05, 4.69) is 49.0 Å². The molecule has 1 rings (SSSR count). The summed E-state index contributed by atoms with van der Waals surface area (Å²) in [5.74, 6) is -5.00. The zero-order chi connectivity index (χ0) is 42.2. The predicted octanol–water partition coefficient (Wildman–Crippen LogP) is 3.01. The van der Waals surface area contributed by atoms with Crippen LogP contribution in [0.3, 0.4) is 0 Å². The average molecular weight is 801 g/mol. The van der Waals surface area contributed by atoms with Crippen molar-refractivity contribution >= 4 is 51.6 Å². The summed E-state index contributed by atoms with van der Waals surface area (Å²) >= 11 is 0. The van der Waals surface area contributed by atoms with Crippen LogP contribution in [0.2, 0.25) is 0 Å². The second-order valence-corrected chi connectivity index (χ2v) is 13.6. The summed E-state index contributed by atoms with van der Waals surface area (Å²) in [6.45, 7) is 12.5. The molecule has 18 heteroatoms. The number of carbonyl (C=O) groups excluding carboxylic acids is 7. The Labute approximate surface area is 324 Å². The van der Waals surface area contributed by atoms with Gasteiger partial charge in [0.2, 0.25) is 17.7 Å². The van der Waals surface area contributed by atoms with Crippen LogP contribution in [0.15, 0.2) is 41.8 Å². The van der Waals surface area contributed by atoms with Gasteiger partial charge in [0.1, 0.15) is 18.7 Å². The van der Waals surface area contributed by atoms with Gasteiger partial charge in [-0.25, -0.2) is 13.2 Å². The van der Waals surface area contributed by atoms with Crippen molar-refractivity contribution in [2.24, 2.45) is 0 Å². The number of alkyl carbamates (subject to hydrolysis) is 1. The number of ether oxygens (including phenoxy) is 4. The third-order valence-corrected chi connectivity index (χ3v) is 6.74. The van der Waals surface area contributed by atoms with Crippen molar-refractivity contribution in [1.29, 1.82) is 0 Å². The first-order valence-electron chi connectivity index (χ1n) is 18.2. The lowest BCUT2D eigenvalue weighted by atomic mass is 10.1. The van der Waals surface area contributed by atoms with Gasteiger partial charge in [0.05, 0.1) is 45.2 Å². The minimum absolute atomic E-state index is 0.0110. The van der Waals surface area contributed by atoms with Crippen LogP contribution in [0.25, 0.3) is 0 Å². The van der Waals surface area contributed by atoms with E-state index in [9.17, 15) is 42.0 Å². The molecule has 4 amide bonds. The van der Waals surface area contributed by atoms with Crippen LogP contribution in [0.4, 0.5) is 4.79 Å². The number of hydrogen-bond acceptors (Lipinski definition) is 13. The first kappa shape index (κ1) is 52.1. The molecule has 4 N–H and O–H groups in total. The van der Waals surface area contributed by atoms with Crippen molar-refractivity contribution in [3.8, 4) is 0 Å². The van der Waals surface area contributed by atoms with Gasteiger partial charge in [-0.1, -0.05) is 76.9 Å². The van der Waals surface area contributed by atoms with Crippen LogP contribution < -0.4 is 21.3 Å². The molecule has 17 nitrogen and oxygen atoms in total. The van der Waals surface area contributed by atoms with Crippen molar-refractivity contribution in [3.05, 3.63) is 47.4 Å². The van der Waals surface area contributed by atoms with Gasteiger partial charge in [0.15, 0.2) is 9.84 Å². The van der Waals surface area contributed by atoms with Gasteiger partial charge in [0.25, 0.3) is 0 Å². The molecule has 3 atom stereocenters. The van der Waals surface area contributed by atoms with Crippen molar-refractivity contribution in [3.63, 3.8) is 0 Å². The van der Waals surface area contributed by atoms with Crippen molar-refractivity contribution in [1.82, 2.24) is 21.3 Å². The quantitative estimate of drug-likeness (QED) is 0.103. The maximum Gasteiger partial charge on any atom is 0.408 e. The van der Waals surface area contributed by atoms with E-state index in [-0.39, 0.29) is 39.3 Å². The Kier molecular flexibility index (Phi) is 29.7. The summed E-state index contributed by atoms with van der Waals surface area (Å²) in [5.41, 5.74) is 0.655. The zero-order valence-electron chi connectivity index (χ0n) is 33.3. The molecule has 0 fully saturated rings. The van der Waals surface area contributed by atoms with Crippen molar-refractivity contribution in [2.75, 3.05) is 32.6 Å². The molecule has 0 aliphatic heterocycles. The summed E-state index contributed by atoms with van der Waals surface area (Å²) in [4.78, 5) is 87.9. The Hall–Kier alpha value is -5.00. The van der Waals surface area contributed by atoms with E-state index in [0.717, 1.165) is 17.7 Å². The maximum atomic E-state index is 13.3. The molecule has 1 aromatic rings. The molecule has 1 aromatic carbocycles. The topological polar surface area (TPSA) is 239 Å². The third kappa shape index (κ3) is 29.1. The fourth-order valence-corrected chi connectivity index (χ4v) is 4.37. The average Bonchev–Trinajstić information content (AvgIpc) is 3.11. The van der Waals surface area contributed by atoms with E-state index in [4.69, 9.17) is 18.9 Å². The number of esters is 3. The van der Waals surface area contributed by atoms with Crippen molar-refractivity contribution in [2.45, 2.75) is 112 Å². The minimum Gasteiger partial charge on any atom is -0.466 e. The second-order valence-electron chi connectivity index (χ2n) is 11.6. The number of hydrogen-bond donors (Lipinski definition) is 4. The van der Waals surface area contributed by atoms with Crippen LogP contribution >= 0.6 is 0 Å². The number of nitrogens with one attached hydrogen (secondary N) is 4. The number of carbonyl (C=O) groups is 7. The molecular formula is C37H60N4O13S. The molecule has 0 saturated carbocycles. The minimum atomic E-state index is -3.61. The normalized spacial score (nSPS) is 12.1. The van der Waals surface area contributed by atoms with Gasteiger partial charge in [-0.15, -0.1) is 0 Å². The van der Waals surface area contributed by atoms with Crippen LogP contribution in [0.5, 0.6) is 0 Å². The van der Waals surface area contributed by atoms with Gasteiger partial charge >= 0.3 is 24.0 Å². The SMILES string of the molecule is CCC.CCC.CCOC(=O)CC[C@H](NC(=O)[C@H](CC(=O)OCC)NC(=O)OCc1ccccc1)C(=O)NCC(=O)N[C@H](/C=C/S(C)(=O)=O)CC(=O)OCC. The summed E-state index contributed by atoms with van der Waals surface area (Å²) in [7, 11) is -3.61. The Balaban J connectivity index is 0. The zero-order valence-corrected chi connectivity index (χ0v) is 34.1. The van der Waals surface area contributed by atoms with Gasteiger partial charge in [0, 0.05) is 18.1 Å². The summed E-state index contributed by atoms with van der Waals surface area (Å²) in [6.07, 6.45) is 1.79. The van der Waals surface area contributed by atoms with E-state index in [1.54, 1.807) is 51.1 Å². The third-order valence-electron chi connectivity index (χ3n) is 6.09. The fraction of sp³-hybridized carbons (Fsp3) is 0.595. The predicted molar refractivity (Wildman–Crippen MR) is 205 cm³/mol. The highest BCUT2D eigenvalue weighted by Crippen LogP contribution is 2.06. The molecule has 0 bridgehead atoms. The van der Waals surface area contributed by atoms with Crippen LogP contribution in [0.1, 0.15) is 92.6 Å². The number of amides is 4. The molecule has 0 aromatic heterocycles. The van der Waals surface area contributed by atoms with Gasteiger partial charge in [-0.05, 0) is 32.8 Å². The first-order chi connectivity index (χ1) is 26.0. The Bertz CT molecular complexity index is 1450. The maximum absolute atomic E-state index is 13.3. The van der Waals surface area contributed by atoms with E-state index in [0.29, 0.717) is 5.56 Å². The van der Waals surface area contributed by atoms with Gasteiger partial charge in [-0.3, -0.25) is 28.8 Å². The highest BCUT2D eigenvalue weighted by Gasteiger charge is 2.30. The van der Waals surface area contributed by atoms with Crippen LogP contribution in [-0.2, 0) is 64.2 Å². The Morgan fingerprint density at radius 3 is 1.73 bits per heavy atom. The number of rotatable bonds is 21. The van der Waals surface area contributed by atoms with E-state index >= 15 is 0 Å². The fourth-order valence-electron chi connectivity index (χ4n) is 3.89. The number of benzene rings is 1. The Morgan fingerprint density at radius 2 is 1.20 bits per heavy atom.